The van der Waals surface area contributed by atoms with E-state index in [0.29, 0.717) is 25.7 Å². The van der Waals surface area contributed by atoms with E-state index in [1.165, 1.54) is 5.57 Å². The predicted molar refractivity (Wildman–Crippen MR) is 231 cm³/mol. The van der Waals surface area contributed by atoms with E-state index >= 15 is 0 Å². The van der Waals surface area contributed by atoms with E-state index in [2.05, 4.69) is 54.5 Å². The van der Waals surface area contributed by atoms with Crippen LogP contribution >= 0.6 is 0 Å². The van der Waals surface area contributed by atoms with Crippen LogP contribution < -0.4 is 0 Å². The second-order valence-corrected chi connectivity index (χ2v) is 23.5. The van der Waals surface area contributed by atoms with E-state index < -0.39 is 134 Å². The van der Waals surface area contributed by atoms with Gasteiger partial charge in [-0.3, -0.25) is 4.79 Å². The Morgan fingerprint density at radius 1 is 0.642 bits per heavy atom. The number of hydrogen-bond acceptors (Lipinski definition) is 18. The van der Waals surface area contributed by atoms with Gasteiger partial charge < -0.3 is 84.6 Å². The molecule has 19 heteroatoms. The van der Waals surface area contributed by atoms with Crippen molar-refractivity contribution in [1.29, 1.82) is 0 Å². The van der Waals surface area contributed by atoms with E-state index in [0.717, 1.165) is 38.5 Å². The summed E-state index contributed by atoms with van der Waals surface area (Å²) < 4.78 is 35.2. The maximum atomic E-state index is 14.7. The van der Waals surface area contributed by atoms with E-state index in [-0.39, 0.29) is 39.4 Å². The molecule has 3 aliphatic heterocycles. The first kappa shape index (κ1) is 51.4. The molecule has 0 radical (unpaired) electrons. The average molecular weight is 957 g/mol. The van der Waals surface area contributed by atoms with Gasteiger partial charge in [-0.15, -0.1) is 0 Å². The summed E-state index contributed by atoms with van der Waals surface area (Å²) in [5.41, 5.74) is -0.975. The summed E-state index contributed by atoms with van der Waals surface area (Å²) in [6, 6.07) is 0. The largest absolute Gasteiger partial charge is 0.479 e. The molecule has 19 nitrogen and oxygen atoms in total. The molecule has 0 aromatic rings. The molecule has 0 amide bonds. The average Bonchev–Trinajstić information content (AvgIpc) is 3.26. The van der Waals surface area contributed by atoms with Crippen molar-refractivity contribution in [2.75, 3.05) is 13.2 Å². The normalized spacial score (nSPS) is 52.6. The number of carboxylic acids is 1. The Balaban J connectivity index is 1.03. The monoisotopic (exact) mass is 956 g/mol. The maximum absolute atomic E-state index is 14.7. The van der Waals surface area contributed by atoms with Crippen LogP contribution in [0.3, 0.4) is 0 Å². The van der Waals surface area contributed by atoms with E-state index in [1.807, 2.05) is 0 Å². The molecule has 3 heterocycles. The molecule has 0 bridgehead atoms. The van der Waals surface area contributed by atoms with Gasteiger partial charge in [0, 0.05) is 0 Å². The molecule has 5 aliphatic carbocycles. The summed E-state index contributed by atoms with van der Waals surface area (Å²) in [6.45, 7) is 14.4. The molecule has 8 aliphatic rings. The highest BCUT2D eigenvalue weighted by Gasteiger charge is 2.70. The van der Waals surface area contributed by atoms with Crippen LogP contribution in [0.2, 0.25) is 0 Å². The summed E-state index contributed by atoms with van der Waals surface area (Å²) in [5.74, 6) is -1.91. The number of aliphatic hydroxyl groups is 10. The summed E-state index contributed by atoms with van der Waals surface area (Å²) in [7, 11) is 0. The van der Waals surface area contributed by atoms with E-state index in [1.54, 1.807) is 0 Å². The molecular formula is C48H76O19. The molecule has 67 heavy (non-hydrogen) atoms. The lowest BCUT2D eigenvalue weighted by atomic mass is 9.33. The lowest BCUT2D eigenvalue weighted by Gasteiger charge is -2.71. The number of rotatable bonds is 9. The van der Waals surface area contributed by atoms with Crippen LogP contribution in [-0.2, 0) is 38.0 Å². The van der Waals surface area contributed by atoms with Crippen LogP contribution in [0.1, 0.15) is 113 Å². The zero-order valence-corrected chi connectivity index (χ0v) is 39.7. The number of aliphatic hydroxyl groups excluding tert-OH is 10. The summed E-state index contributed by atoms with van der Waals surface area (Å²) in [6.07, 6.45) is -16.4. The number of esters is 1. The number of carbonyl (C=O) groups excluding carboxylic acids is 1. The lowest BCUT2D eigenvalue weighted by molar-refractivity contribution is -0.365. The highest BCUT2D eigenvalue weighted by atomic mass is 16.7. The fraction of sp³-hybridized carbons (Fsp3) is 0.917. The third kappa shape index (κ3) is 8.06. The van der Waals surface area contributed by atoms with Crippen LogP contribution in [0.5, 0.6) is 0 Å². The molecule has 0 aromatic carbocycles. The zero-order valence-electron chi connectivity index (χ0n) is 39.7. The molecule has 11 N–H and O–H groups in total. The highest BCUT2D eigenvalue weighted by Crippen LogP contribution is 2.76. The fourth-order valence-corrected chi connectivity index (χ4v) is 15.0. The molecule has 0 spiro atoms. The van der Waals surface area contributed by atoms with E-state index in [9.17, 15) is 65.8 Å². The maximum Gasteiger partial charge on any atom is 0.335 e. The molecule has 0 aromatic heterocycles. The second kappa shape index (κ2) is 18.0. The number of hydrogen-bond donors (Lipinski definition) is 11. The van der Waals surface area contributed by atoms with Crippen molar-refractivity contribution in [3.63, 3.8) is 0 Å². The van der Waals surface area contributed by atoms with Crippen molar-refractivity contribution in [3.8, 4) is 0 Å². The summed E-state index contributed by atoms with van der Waals surface area (Å²) >= 11 is 0. The van der Waals surface area contributed by atoms with Gasteiger partial charge in [0.1, 0.15) is 67.1 Å². The van der Waals surface area contributed by atoms with Crippen LogP contribution in [0.4, 0.5) is 0 Å². The SMILES string of the molecule is CC1(C)CC[C@]2(C(=O)O[C@@H]3O[C@H](CO)[C@@H](O)[C@H](O)[C@H]3O)CC[C@]3(C)C(=CC[C@@H]4[C@@]5(C)CC[C@H](O[C@@H]6O[C@H](C(=O)O)[C@@H](O)[C@H](O[C@@H]7O[C@H](CO)[C@H](O)[C@H](O)[C@H]7O)[C@H]6O)C(C)(C)[C@H]5CC[C@]43C)[C@H]2C1. The van der Waals surface area contributed by atoms with Gasteiger partial charge in [-0.1, -0.05) is 60.1 Å². The Hall–Kier alpha value is -1.92. The topological polar surface area (TPSA) is 312 Å². The number of fused-ring (bicyclic) bond motifs is 7. The number of aliphatic carboxylic acids is 1. The molecule has 8 rings (SSSR count). The van der Waals surface area contributed by atoms with Gasteiger partial charge >= 0.3 is 11.9 Å². The van der Waals surface area contributed by atoms with Gasteiger partial charge in [0.25, 0.3) is 0 Å². The minimum absolute atomic E-state index is 0.0786. The zero-order chi connectivity index (χ0) is 49.1. The van der Waals surface area contributed by atoms with Crippen molar-refractivity contribution in [2.24, 2.45) is 50.2 Å². The molecule has 3 saturated heterocycles. The summed E-state index contributed by atoms with van der Waals surface area (Å²) in [5, 5.41) is 115. The van der Waals surface area contributed by atoms with Crippen LogP contribution in [0.25, 0.3) is 0 Å². The smallest absolute Gasteiger partial charge is 0.335 e. The number of ether oxygens (including phenoxy) is 6. The lowest BCUT2D eigenvalue weighted by Crippen LogP contribution is -2.67. The quantitative estimate of drug-likeness (QED) is 0.0838. The second-order valence-electron chi connectivity index (χ2n) is 23.5. The third-order valence-electron chi connectivity index (χ3n) is 19.3. The van der Waals surface area contributed by atoms with Crippen molar-refractivity contribution in [1.82, 2.24) is 0 Å². The van der Waals surface area contributed by atoms with E-state index in [4.69, 9.17) is 28.4 Å². The van der Waals surface area contributed by atoms with Crippen LogP contribution in [0, 0.1) is 50.2 Å². The van der Waals surface area contributed by atoms with Crippen molar-refractivity contribution >= 4 is 11.9 Å². The van der Waals surface area contributed by atoms with Gasteiger partial charge in [0.05, 0.1) is 24.7 Å². The van der Waals surface area contributed by atoms with Gasteiger partial charge in [-0.25, -0.2) is 4.79 Å². The molecule has 7 fully saturated rings. The van der Waals surface area contributed by atoms with Gasteiger partial charge in [-0.05, 0) is 109 Å². The first-order valence-electron chi connectivity index (χ1n) is 24.3. The van der Waals surface area contributed by atoms with Gasteiger partial charge in [0.15, 0.2) is 18.7 Å². The Labute approximate surface area is 391 Å². The molecule has 4 saturated carbocycles. The highest BCUT2D eigenvalue weighted by molar-refractivity contribution is 5.79. The molecular weight excluding hydrogens is 881 g/mol. The number of carboxylic acid groups (broad SMARTS) is 1. The molecule has 23 atom stereocenters. The fourth-order valence-electron chi connectivity index (χ4n) is 15.0. The Morgan fingerprint density at radius 3 is 1.84 bits per heavy atom. The first-order chi connectivity index (χ1) is 31.2. The Morgan fingerprint density at radius 2 is 1.22 bits per heavy atom. The van der Waals surface area contributed by atoms with Crippen LogP contribution in [0.15, 0.2) is 11.6 Å². The predicted octanol–water partition coefficient (Wildman–Crippen LogP) is 0.233. The summed E-state index contributed by atoms with van der Waals surface area (Å²) in [4.78, 5) is 27.1. The number of carbonyl (C=O) groups is 2. The Kier molecular flexibility index (Phi) is 13.8. The van der Waals surface area contributed by atoms with Crippen LogP contribution in [-0.4, -0.2) is 180 Å². The minimum Gasteiger partial charge on any atom is -0.479 e. The van der Waals surface area contributed by atoms with Crippen molar-refractivity contribution in [2.45, 2.75) is 211 Å². The third-order valence-corrected chi connectivity index (χ3v) is 19.3. The first-order valence-corrected chi connectivity index (χ1v) is 24.3. The van der Waals surface area contributed by atoms with Gasteiger partial charge in [0.2, 0.25) is 6.29 Å². The number of allylic oxidation sites excluding steroid dienone is 2. The Bertz CT molecular complexity index is 1870. The standard InChI is InChI=1S/C48H76O19/c1-43(2)14-16-48(42(61)67-40-33(56)31(54)29(52)24(20-50)63-40)17-15-46(6)21(22(48)18-43)8-9-26-45(5)12-11-27(44(3,4)25(45)10-13-47(26,46)7)64-41-35(58)36(34(57)37(66-41)38(59)60)65-39-32(55)30(53)28(51)23(19-49)62-39/h8,22-37,39-41,49-58H,9-20H2,1-7H3,(H,59,60)/t22-,23-,24-,25-,26-,27+,28+,29-,30+,31+,32-,33-,34+,35-,36+,37+,39+,40+,41-,45+,46-,47-,48+/m1/s1. The van der Waals surface area contributed by atoms with Gasteiger partial charge in [-0.2, -0.15) is 0 Å². The van der Waals surface area contributed by atoms with Crippen molar-refractivity contribution < 1.29 is 94.2 Å². The minimum atomic E-state index is -1.97. The molecule has 0 unspecified atom stereocenters. The molecule has 382 valence electrons. The van der Waals surface area contributed by atoms with Crippen molar-refractivity contribution in [3.05, 3.63) is 11.6 Å².